The van der Waals surface area contributed by atoms with E-state index in [2.05, 4.69) is 4.98 Å². The van der Waals surface area contributed by atoms with Crippen molar-refractivity contribution >= 4 is 17.6 Å². The lowest BCUT2D eigenvalue weighted by molar-refractivity contribution is -0.386. The van der Waals surface area contributed by atoms with Crippen LogP contribution in [0.1, 0.15) is 60.5 Å². The zero-order chi connectivity index (χ0) is 20.3. The molecule has 26 heavy (non-hydrogen) atoms. The number of rotatable bonds is 5. The van der Waals surface area contributed by atoms with Crippen LogP contribution < -0.4 is 0 Å². The second-order valence-electron chi connectivity index (χ2n) is 7.91. The second kappa shape index (κ2) is 7.39. The molecule has 0 aliphatic heterocycles. The summed E-state index contributed by atoms with van der Waals surface area (Å²) in [5.41, 5.74) is -4.27. The molecule has 0 N–H and O–H groups in total. The first-order valence-electron chi connectivity index (χ1n) is 8.30. The van der Waals surface area contributed by atoms with Gasteiger partial charge in [-0.1, -0.05) is 6.92 Å². The Hall–Kier alpha value is -2.51. The van der Waals surface area contributed by atoms with Crippen molar-refractivity contribution in [1.29, 1.82) is 0 Å². The molecule has 0 amide bonds. The van der Waals surface area contributed by atoms with Crippen LogP contribution >= 0.6 is 0 Å². The predicted octanol–water partition coefficient (Wildman–Crippen LogP) is 3.32. The zero-order valence-corrected chi connectivity index (χ0v) is 16.3. The van der Waals surface area contributed by atoms with Gasteiger partial charge in [0.1, 0.15) is 17.4 Å². The molecule has 8 nitrogen and oxygen atoms in total. The highest BCUT2D eigenvalue weighted by atomic mass is 16.6. The summed E-state index contributed by atoms with van der Waals surface area (Å²) in [7, 11) is 0. The molecule has 0 unspecified atom stereocenters. The van der Waals surface area contributed by atoms with Crippen molar-refractivity contribution in [2.24, 2.45) is 0 Å². The average Bonchev–Trinajstić information content (AvgIpc) is 2.45. The van der Waals surface area contributed by atoms with E-state index >= 15 is 0 Å². The third-order valence-electron chi connectivity index (χ3n) is 3.48. The van der Waals surface area contributed by atoms with Crippen molar-refractivity contribution in [2.75, 3.05) is 0 Å². The molecule has 1 heterocycles. The maximum absolute atomic E-state index is 13.0. The first-order valence-corrected chi connectivity index (χ1v) is 8.30. The van der Waals surface area contributed by atoms with Crippen molar-refractivity contribution in [1.82, 2.24) is 4.98 Å². The van der Waals surface area contributed by atoms with Gasteiger partial charge in [0.05, 0.1) is 10.5 Å². The predicted molar refractivity (Wildman–Crippen MR) is 94.6 cm³/mol. The molecule has 0 aliphatic rings. The maximum Gasteiger partial charge on any atom is 0.328 e. The van der Waals surface area contributed by atoms with Gasteiger partial charge in [-0.05, 0) is 54.0 Å². The molecule has 0 bridgehead atoms. The van der Waals surface area contributed by atoms with E-state index in [0.717, 1.165) is 6.20 Å². The molecule has 0 saturated heterocycles. The number of carbonyl (C=O) groups is 2. The van der Waals surface area contributed by atoms with E-state index in [1.807, 2.05) is 0 Å². The zero-order valence-electron chi connectivity index (χ0n) is 16.3. The van der Waals surface area contributed by atoms with Crippen molar-refractivity contribution in [2.45, 2.75) is 71.5 Å². The monoisotopic (exact) mass is 366 g/mol. The van der Waals surface area contributed by atoms with Crippen LogP contribution in [0.2, 0.25) is 0 Å². The van der Waals surface area contributed by atoms with Gasteiger partial charge in [0.15, 0.2) is 5.41 Å². The Bertz CT molecular complexity index is 672. The maximum atomic E-state index is 13.0. The lowest BCUT2D eigenvalue weighted by Crippen LogP contribution is -2.50. The largest absolute Gasteiger partial charge is 0.459 e. The fourth-order valence-corrected chi connectivity index (χ4v) is 2.41. The lowest BCUT2D eigenvalue weighted by Gasteiger charge is -2.34. The van der Waals surface area contributed by atoms with Gasteiger partial charge in [0, 0.05) is 6.20 Å². The van der Waals surface area contributed by atoms with Crippen molar-refractivity contribution in [3.63, 3.8) is 0 Å². The molecular formula is C18H26N2O6. The molecule has 1 rings (SSSR count). The fourth-order valence-electron chi connectivity index (χ4n) is 2.41. The molecule has 1 aromatic rings. The van der Waals surface area contributed by atoms with Crippen LogP contribution in [-0.4, -0.2) is 33.0 Å². The smallest absolute Gasteiger partial charge is 0.328 e. The second-order valence-corrected chi connectivity index (χ2v) is 7.91. The Morgan fingerprint density at radius 2 is 1.54 bits per heavy atom. The van der Waals surface area contributed by atoms with Crippen LogP contribution in [0.3, 0.4) is 0 Å². The normalized spacial score (nSPS) is 12.4. The van der Waals surface area contributed by atoms with Gasteiger partial charge < -0.3 is 9.47 Å². The van der Waals surface area contributed by atoms with Crippen molar-refractivity contribution < 1.29 is 24.0 Å². The quantitative estimate of drug-likeness (QED) is 0.340. The molecule has 0 aromatic carbocycles. The van der Waals surface area contributed by atoms with E-state index < -0.39 is 39.2 Å². The standard InChI is InChI=1S/C18H26N2O6/c1-8-18(14(21)25-16(2,3)4,15(22)26-17(5,6)7)12-9-10-19-11-13(12)20(23)24/h9-11H,8H2,1-7H3. The Morgan fingerprint density at radius 1 is 1.08 bits per heavy atom. The number of ether oxygens (including phenoxy) is 2. The van der Waals surface area contributed by atoms with Gasteiger partial charge in [-0.15, -0.1) is 0 Å². The van der Waals surface area contributed by atoms with Gasteiger partial charge >= 0.3 is 11.9 Å². The SMILES string of the molecule is CCC(C(=O)OC(C)(C)C)(C(=O)OC(C)(C)C)c1ccncc1[N+](=O)[O-]. The van der Waals surface area contributed by atoms with E-state index in [4.69, 9.17) is 9.47 Å². The summed E-state index contributed by atoms with van der Waals surface area (Å²) in [4.78, 5) is 40.6. The number of hydrogen-bond acceptors (Lipinski definition) is 7. The van der Waals surface area contributed by atoms with Crippen LogP contribution in [-0.2, 0) is 24.5 Å². The number of aromatic nitrogens is 1. The summed E-state index contributed by atoms with van der Waals surface area (Å²) in [5.74, 6) is -1.79. The number of nitrogens with zero attached hydrogens (tertiary/aromatic N) is 2. The highest BCUT2D eigenvalue weighted by molar-refractivity contribution is 6.07. The van der Waals surface area contributed by atoms with Crippen LogP contribution in [0, 0.1) is 10.1 Å². The number of pyridine rings is 1. The summed E-state index contributed by atoms with van der Waals surface area (Å²) in [6.07, 6.45) is 2.23. The highest BCUT2D eigenvalue weighted by Crippen LogP contribution is 2.38. The Morgan fingerprint density at radius 3 is 1.88 bits per heavy atom. The summed E-state index contributed by atoms with van der Waals surface area (Å²) in [6, 6.07) is 1.29. The minimum absolute atomic E-state index is 0.0678. The third kappa shape index (κ3) is 4.77. The molecule has 144 valence electrons. The van der Waals surface area contributed by atoms with Crippen LogP contribution in [0.5, 0.6) is 0 Å². The molecule has 0 fully saturated rings. The number of nitro groups is 1. The van der Waals surface area contributed by atoms with E-state index in [1.54, 1.807) is 48.5 Å². The molecule has 0 atom stereocenters. The van der Waals surface area contributed by atoms with Crippen LogP contribution in [0.15, 0.2) is 18.5 Å². The van der Waals surface area contributed by atoms with Gasteiger partial charge in [0.25, 0.3) is 5.69 Å². The number of esters is 2. The summed E-state index contributed by atoms with van der Waals surface area (Å²) < 4.78 is 10.9. The van der Waals surface area contributed by atoms with Gasteiger partial charge in [-0.3, -0.25) is 24.7 Å². The topological polar surface area (TPSA) is 109 Å². The van der Waals surface area contributed by atoms with E-state index in [9.17, 15) is 19.7 Å². The Kier molecular flexibility index (Phi) is 6.12. The number of carbonyl (C=O) groups excluding carboxylic acids is 2. The molecule has 0 aliphatic carbocycles. The Labute approximate surface area is 153 Å². The minimum Gasteiger partial charge on any atom is -0.459 e. The molecular weight excluding hydrogens is 340 g/mol. The number of hydrogen-bond donors (Lipinski definition) is 0. The highest BCUT2D eigenvalue weighted by Gasteiger charge is 2.54. The first kappa shape index (κ1) is 21.5. The minimum atomic E-state index is -1.97. The summed E-state index contributed by atoms with van der Waals surface area (Å²) in [6.45, 7) is 11.5. The summed E-state index contributed by atoms with van der Waals surface area (Å²) in [5, 5.41) is 11.5. The third-order valence-corrected chi connectivity index (χ3v) is 3.48. The average molecular weight is 366 g/mol. The van der Waals surface area contributed by atoms with Crippen molar-refractivity contribution in [3.05, 3.63) is 34.1 Å². The molecule has 1 aromatic heterocycles. The van der Waals surface area contributed by atoms with Crippen molar-refractivity contribution in [3.8, 4) is 0 Å². The molecule has 0 radical (unpaired) electrons. The molecule has 0 spiro atoms. The Balaban J connectivity index is 3.68. The van der Waals surface area contributed by atoms with E-state index in [-0.39, 0.29) is 12.0 Å². The first-order chi connectivity index (χ1) is 11.7. The van der Waals surface area contributed by atoms with Gasteiger partial charge in [0.2, 0.25) is 0 Å². The van der Waals surface area contributed by atoms with Gasteiger partial charge in [-0.2, -0.15) is 0 Å². The summed E-state index contributed by atoms with van der Waals surface area (Å²) >= 11 is 0. The van der Waals surface area contributed by atoms with Crippen LogP contribution in [0.4, 0.5) is 5.69 Å². The van der Waals surface area contributed by atoms with Gasteiger partial charge in [-0.25, -0.2) is 0 Å². The van der Waals surface area contributed by atoms with E-state index in [1.165, 1.54) is 12.3 Å². The fraction of sp³-hybridized carbons (Fsp3) is 0.611. The molecule has 8 heteroatoms. The molecule has 0 saturated carbocycles. The van der Waals surface area contributed by atoms with E-state index in [0.29, 0.717) is 0 Å². The lowest BCUT2D eigenvalue weighted by atomic mass is 9.77. The van der Waals surface area contributed by atoms with Crippen LogP contribution in [0.25, 0.3) is 0 Å².